The Morgan fingerprint density at radius 1 is 1.44 bits per heavy atom. The molecule has 1 aromatic heterocycles. The van der Waals surface area contributed by atoms with Crippen LogP contribution in [0.1, 0.15) is 11.7 Å². The molecule has 1 aromatic rings. The van der Waals surface area contributed by atoms with Crippen molar-refractivity contribution in [2.75, 3.05) is 27.9 Å². The molecule has 0 fully saturated rings. The normalized spacial score (nSPS) is 13.2. The van der Waals surface area contributed by atoms with Gasteiger partial charge in [-0.1, -0.05) is 0 Å². The average molecular weight is 323 g/mol. The zero-order chi connectivity index (χ0) is 13.5. The van der Waals surface area contributed by atoms with Gasteiger partial charge in [-0.05, 0) is 15.9 Å². The van der Waals surface area contributed by atoms with Crippen LogP contribution >= 0.6 is 15.9 Å². The Hall–Kier alpha value is -0.510. The van der Waals surface area contributed by atoms with E-state index in [0.717, 1.165) is 10.2 Å². The van der Waals surface area contributed by atoms with E-state index in [1.165, 1.54) is 0 Å². The van der Waals surface area contributed by atoms with Gasteiger partial charge in [-0.3, -0.25) is 10.5 Å². The molecule has 8 heteroatoms. The standard InChI is InChI=1S/C10H19BrN4O3/c1-16-5-4-15-9(7(11)6-13-15)8(14-12)10(17-2)18-3/h6,8,10,14H,4-5,12H2,1-3H3. The molecule has 0 aliphatic rings. The van der Waals surface area contributed by atoms with Crippen molar-refractivity contribution in [3.8, 4) is 0 Å². The van der Waals surface area contributed by atoms with Crippen molar-refractivity contribution in [1.29, 1.82) is 0 Å². The number of nitrogens with two attached hydrogens (primary N) is 1. The Balaban J connectivity index is 2.99. The van der Waals surface area contributed by atoms with Gasteiger partial charge in [-0.2, -0.15) is 5.10 Å². The van der Waals surface area contributed by atoms with Gasteiger partial charge in [0.1, 0.15) is 6.04 Å². The van der Waals surface area contributed by atoms with E-state index in [4.69, 9.17) is 20.1 Å². The van der Waals surface area contributed by atoms with Crippen molar-refractivity contribution >= 4 is 15.9 Å². The molecular formula is C10H19BrN4O3. The quantitative estimate of drug-likeness (QED) is 0.410. The number of rotatable bonds is 8. The fourth-order valence-electron chi connectivity index (χ4n) is 1.69. The first-order chi connectivity index (χ1) is 8.69. The summed E-state index contributed by atoms with van der Waals surface area (Å²) < 4.78 is 18.1. The third kappa shape index (κ3) is 3.50. The number of hydrazine groups is 1. The molecule has 1 rings (SSSR count). The number of methoxy groups -OCH3 is 3. The molecule has 3 N–H and O–H groups in total. The van der Waals surface area contributed by atoms with Crippen LogP contribution in [0.2, 0.25) is 0 Å². The van der Waals surface area contributed by atoms with E-state index in [0.29, 0.717) is 13.2 Å². The molecule has 0 aliphatic heterocycles. The van der Waals surface area contributed by atoms with Crippen molar-refractivity contribution in [2.24, 2.45) is 5.84 Å². The van der Waals surface area contributed by atoms with E-state index in [9.17, 15) is 0 Å². The van der Waals surface area contributed by atoms with Crippen LogP contribution in [0.15, 0.2) is 10.7 Å². The van der Waals surface area contributed by atoms with Gasteiger partial charge in [0.2, 0.25) is 0 Å². The number of nitrogens with one attached hydrogen (secondary N) is 1. The summed E-state index contributed by atoms with van der Waals surface area (Å²) in [5.41, 5.74) is 3.53. The maximum Gasteiger partial charge on any atom is 0.179 e. The van der Waals surface area contributed by atoms with Crippen LogP contribution in [0, 0.1) is 0 Å². The molecule has 18 heavy (non-hydrogen) atoms. The maximum absolute atomic E-state index is 5.58. The lowest BCUT2D eigenvalue weighted by Crippen LogP contribution is -2.40. The smallest absolute Gasteiger partial charge is 0.179 e. The molecule has 0 radical (unpaired) electrons. The molecule has 1 heterocycles. The van der Waals surface area contributed by atoms with Crippen molar-refractivity contribution < 1.29 is 14.2 Å². The van der Waals surface area contributed by atoms with Gasteiger partial charge < -0.3 is 14.2 Å². The molecule has 0 saturated heterocycles. The van der Waals surface area contributed by atoms with Crippen LogP contribution in [-0.4, -0.2) is 44.0 Å². The molecule has 0 bridgehead atoms. The van der Waals surface area contributed by atoms with Crippen LogP contribution < -0.4 is 11.3 Å². The highest BCUT2D eigenvalue weighted by atomic mass is 79.9. The van der Waals surface area contributed by atoms with Gasteiger partial charge >= 0.3 is 0 Å². The molecule has 0 saturated carbocycles. The third-order valence-electron chi connectivity index (χ3n) is 2.55. The minimum absolute atomic E-state index is 0.339. The molecule has 0 aromatic carbocycles. The zero-order valence-corrected chi connectivity index (χ0v) is 12.3. The second kappa shape index (κ2) is 7.82. The summed E-state index contributed by atoms with van der Waals surface area (Å²) in [5, 5.41) is 4.26. The predicted octanol–water partition coefficient (Wildman–Crippen LogP) is 0.415. The molecule has 7 nitrogen and oxygen atoms in total. The SMILES string of the molecule is COCCn1ncc(Br)c1C(NN)C(OC)OC. The lowest BCUT2D eigenvalue weighted by molar-refractivity contribution is -0.125. The van der Waals surface area contributed by atoms with Crippen LogP contribution in [0.4, 0.5) is 0 Å². The molecule has 1 unspecified atom stereocenters. The molecule has 0 spiro atoms. The summed E-state index contributed by atoms with van der Waals surface area (Å²) in [4.78, 5) is 0. The monoisotopic (exact) mass is 322 g/mol. The lowest BCUT2D eigenvalue weighted by atomic mass is 10.2. The van der Waals surface area contributed by atoms with Crippen LogP contribution in [0.25, 0.3) is 0 Å². The Labute approximate surface area is 115 Å². The Kier molecular flexibility index (Phi) is 6.76. The maximum atomic E-state index is 5.58. The Morgan fingerprint density at radius 3 is 2.61 bits per heavy atom. The summed E-state index contributed by atoms with van der Waals surface area (Å²) in [7, 11) is 4.76. The minimum Gasteiger partial charge on any atom is -0.383 e. The summed E-state index contributed by atoms with van der Waals surface area (Å²) in [6.45, 7) is 1.18. The van der Waals surface area contributed by atoms with E-state index in [-0.39, 0.29) is 6.04 Å². The highest BCUT2D eigenvalue weighted by molar-refractivity contribution is 9.10. The number of halogens is 1. The van der Waals surface area contributed by atoms with Crippen molar-refractivity contribution in [2.45, 2.75) is 18.9 Å². The van der Waals surface area contributed by atoms with Crippen LogP contribution in [-0.2, 0) is 20.8 Å². The van der Waals surface area contributed by atoms with Crippen LogP contribution in [0.5, 0.6) is 0 Å². The first-order valence-corrected chi connectivity index (χ1v) is 6.20. The van der Waals surface area contributed by atoms with E-state index in [2.05, 4.69) is 26.5 Å². The second-order valence-electron chi connectivity index (χ2n) is 3.58. The van der Waals surface area contributed by atoms with E-state index >= 15 is 0 Å². The molecule has 0 amide bonds. The Bertz CT molecular complexity index is 357. The van der Waals surface area contributed by atoms with Crippen molar-refractivity contribution in [3.05, 3.63) is 16.4 Å². The summed E-state index contributed by atoms with van der Waals surface area (Å²) in [6, 6.07) is -0.339. The van der Waals surface area contributed by atoms with Gasteiger partial charge in [-0.25, -0.2) is 5.43 Å². The first-order valence-electron chi connectivity index (χ1n) is 5.41. The van der Waals surface area contributed by atoms with Gasteiger partial charge in [0.05, 0.1) is 29.5 Å². The van der Waals surface area contributed by atoms with Gasteiger partial charge in [-0.15, -0.1) is 0 Å². The molecule has 104 valence electrons. The van der Waals surface area contributed by atoms with E-state index < -0.39 is 6.29 Å². The number of hydrogen-bond acceptors (Lipinski definition) is 6. The summed E-state index contributed by atoms with van der Waals surface area (Å²) in [5.74, 6) is 5.58. The molecule has 1 atom stereocenters. The highest BCUT2D eigenvalue weighted by Crippen LogP contribution is 2.26. The van der Waals surface area contributed by atoms with Crippen molar-refractivity contribution in [1.82, 2.24) is 15.2 Å². The van der Waals surface area contributed by atoms with Crippen LogP contribution in [0.3, 0.4) is 0 Å². The largest absolute Gasteiger partial charge is 0.383 e. The first kappa shape index (κ1) is 15.5. The highest BCUT2D eigenvalue weighted by Gasteiger charge is 2.27. The topological polar surface area (TPSA) is 83.6 Å². The summed E-state index contributed by atoms with van der Waals surface area (Å²) in [6.07, 6.45) is 1.20. The second-order valence-corrected chi connectivity index (χ2v) is 4.43. The zero-order valence-electron chi connectivity index (χ0n) is 10.7. The van der Waals surface area contributed by atoms with Gasteiger partial charge in [0.25, 0.3) is 0 Å². The average Bonchev–Trinajstić information content (AvgIpc) is 2.74. The molecule has 0 aliphatic carbocycles. The molecular weight excluding hydrogens is 304 g/mol. The van der Waals surface area contributed by atoms with Gasteiger partial charge in [0.15, 0.2) is 6.29 Å². The number of hydrogen-bond donors (Lipinski definition) is 2. The van der Waals surface area contributed by atoms with Crippen molar-refractivity contribution in [3.63, 3.8) is 0 Å². The number of nitrogens with zero attached hydrogens (tertiary/aromatic N) is 2. The number of aromatic nitrogens is 2. The third-order valence-corrected chi connectivity index (χ3v) is 3.16. The van der Waals surface area contributed by atoms with E-state index in [1.54, 1.807) is 32.2 Å². The van der Waals surface area contributed by atoms with E-state index in [1.807, 2.05) is 0 Å². The fraction of sp³-hybridized carbons (Fsp3) is 0.700. The summed E-state index contributed by atoms with van der Waals surface area (Å²) >= 11 is 3.45. The lowest BCUT2D eigenvalue weighted by Gasteiger charge is -2.25. The predicted molar refractivity (Wildman–Crippen MR) is 69.7 cm³/mol. The Morgan fingerprint density at radius 2 is 2.11 bits per heavy atom. The fourth-order valence-corrected chi connectivity index (χ4v) is 2.23. The minimum atomic E-state index is -0.510. The van der Waals surface area contributed by atoms with Gasteiger partial charge in [0, 0.05) is 21.3 Å². The number of ether oxygens (including phenoxy) is 3.